The van der Waals surface area contributed by atoms with Gasteiger partial charge in [0.25, 0.3) is 0 Å². The van der Waals surface area contributed by atoms with Crippen molar-refractivity contribution in [2.45, 2.75) is 26.1 Å². The largest absolute Gasteiger partial charge is 0.376 e. The molecule has 3 N–H and O–H groups in total. The maximum Gasteiger partial charge on any atom is 0.210 e. The fraction of sp³-hybridized carbons (Fsp3) is 1.00. The maximum absolute atomic E-state index is 10.6. The van der Waals surface area contributed by atoms with Gasteiger partial charge in [0, 0.05) is 12.6 Å². The Morgan fingerprint density at radius 2 is 1.85 bits per heavy atom. The molecule has 0 radical (unpaired) electrons. The van der Waals surface area contributed by atoms with Crippen molar-refractivity contribution in [2.24, 2.45) is 0 Å². The van der Waals surface area contributed by atoms with E-state index in [-0.39, 0.29) is 25.0 Å². The number of hydrogen-bond acceptors (Lipinski definition) is 4. The minimum atomic E-state index is -3.31. The molecule has 0 bridgehead atoms. The van der Waals surface area contributed by atoms with E-state index in [0.717, 1.165) is 6.26 Å². The van der Waals surface area contributed by atoms with E-state index >= 15 is 0 Å². The van der Waals surface area contributed by atoms with E-state index in [1.807, 2.05) is 18.6 Å². The van der Waals surface area contributed by atoms with Crippen molar-refractivity contribution in [1.29, 1.82) is 0 Å². The van der Waals surface area contributed by atoms with Crippen LogP contribution in [0, 0.1) is 0 Å². The highest BCUT2D eigenvalue weighted by molar-refractivity contribution is 7.88. The summed E-state index contributed by atoms with van der Waals surface area (Å²) in [5, 5.41) is 12.0. The molecule has 0 aromatic rings. The highest BCUT2D eigenvalue weighted by atomic mass is 35.5. The monoisotopic (exact) mass is 232 g/mol. The van der Waals surface area contributed by atoms with Crippen molar-refractivity contribution in [1.82, 2.24) is 10.0 Å². The average Bonchev–Trinajstić information content (AvgIpc) is 1.79. The summed E-state index contributed by atoms with van der Waals surface area (Å²) in [7, 11) is -3.31. The number of aliphatic hydroxyl groups excluding tert-OH is 1. The Morgan fingerprint density at radius 3 is 2.15 bits per heavy atom. The van der Waals surface area contributed by atoms with Gasteiger partial charge in [-0.25, -0.2) is 8.42 Å². The minimum Gasteiger partial charge on any atom is -0.376 e. The molecule has 7 heteroatoms. The molecule has 0 saturated heterocycles. The summed E-state index contributed by atoms with van der Waals surface area (Å²) in [5.41, 5.74) is 0. The van der Waals surface area contributed by atoms with Crippen molar-refractivity contribution < 1.29 is 13.5 Å². The first-order chi connectivity index (χ1) is 5.31. The topological polar surface area (TPSA) is 78.4 Å². The van der Waals surface area contributed by atoms with Gasteiger partial charge in [-0.15, -0.1) is 12.4 Å². The normalized spacial score (nSPS) is 13.9. The lowest BCUT2D eigenvalue weighted by molar-refractivity contribution is 0.158. The number of nitrogens with one attached hydrogen (secondary N) is 2. The lowest BCUT2D eigenvalue weighted by atomic mass is 10.4. The van der Waals surface area contributed by atoms with Gasteiger partial charge in [0.15, 0.2) is 0 Å². The summed E-state index contributed by atoms with van der Waals surface area (Å²) in [5.74, 6) is 0. The van der Waals surface area contributed by atoms with Crippen LogP contribution in [-0.2, 0) is 10.0 Å². The van der Waals surface area contributed by atoms with Crippen LogP contribution in [0.15, 0.2) is 0 Å². The minimum absolute atomic E-state index is 0. The highest BCUT2D eigenvalue weighted by Crippen LogP contribution is 1.82. The number of hydrogen-bond donors (Lipinski definition) is 3. The Labute approximate surface area is 85.4 Å². The standard InChI is InChI=1S/C6H16N2O3S.ClH/c1-5(2)7-4-6(9)8-12(3,10)11;/h5-9H,4H2,1-3H3;1H. The van der Waals surface area contributed by atoms with E-state index in [0.29, 0.717) is 0 Å². The Kier molecular flexibility index (Phi) is 7.86. The molecule has 0 amide bonds. The van der Waals surface area contributed by atoms with Gasteiger partial charge in [-0.3, -0.25) is 0 Å². The number of aliphatic hydroxyl groups is 1. The molecule has 1 atom stereocenters. The molecule has 1 unspecified atom stereocenters. The predicted molar refractivity (Wildman–Crippen MR) is 54.4 cm³/mol. The predicted octanol–water partition coefficient (Wildman–Crippen LogP) is -0.726. The number of rotatable bonds is 5. The van der Waals surface area contributed by atoms with Crippen LogP contribution in [-0.4, -0.2) is 38.6 Å². The van der Waals surface area contributed by atoms with Crippen molar-refractivity contribution in [3.05, 3.63) is 0 Å². The third-order valence-corrected chi connectivity index (χ3v) is 1.77. The first-order valence-corrected chi connectivity index (χ1v) is 5.59. The van der Waals surface area contributed by atoms with E-state index in [2.05, 4.69) is 5.32 Å². The fourth-order valence-corrected chi connectivity index (χ4v) is 1.21. The first kappa shape index (κ1) is 15.6. The summed E-state index contributed by atoms with van der Waals surface area (Å²) < 4.78 is 23.2. The third kappa shape index (κ3) is 12.1. The molecule has 0 spiro atoms. The van der Waals surface area contributed by atoms with E-state index in [1.165, 1.54) is 0 Å². The van der Waals surface area contributed by atoms with Gasteiger partial charge in [0.2, 0.25) is 10.0 Å². The second-order valence-electron chi connectivity index (χ2n) is 2.97. The quantitative estimate of drug-likeness (QED) is 0.547. The molecule has 0 rings (SSSR count). The van der Waals surface area contributed by atoms with E-state index in [9.17, 15) is 8.42 Å². The van der Waals surface area contributed by atoms with Crippen molar-refractivity contribution in [3.8, 4) is 0 Å². The highest BCUT2D eigenvalue weighted by Gasteiger charge is 2.09. The number of halogens is 1. The lowest BCUT2D eigenvalue weighted by Crippen LogP contribution is -2.43. The van der Waals surface area contributed by atoms with Gasteiger partial charge in [0.05, 0.1) is 6.26 Å². The van der Waals surface area contributed by atoms with Crippen molar-refractivity contribution in [3.63, 3.8) is 0 Å². The molecular weight excluding hydrogens is 216 g/mol. The Balaban J connectivity index is 0. The Bertz CT molecular complexity index is 218. The fourth-order valence-electron chi connectivity index (χ4n) is 0.636. The molecule has 0 saturated carbocycles. The van der Waals surface area contributed by atoms with E-state index in [4.69, 9.17) is 5.11 Å². The molecule has 0 aromatic heterocycles. The van der Waals surface area contributed by atoms with Crippen LogP contribution in [0.1, 0.15) is 13.8 Å². The first-order valence-electron chi connectivity index (χ1n) is 3.70. The molecule has 0 aliphatic carbocycles. The second-order valence-corrected chi connectivity index (χ2v) is 4.75. The van der Waals surface area contributed by atoms with Crippen LogP contribution in [0.25, 0.3) is 0 Å². The van der Waals surface area contributed by atoms with E-state index < -0.39 is 16.3 Å². The molecule has 5 nitrogen and oxygen atoms in total. The molecule has 82 valence electrons. The van der Waals surface area contributed by atoms with Crippen LogP contribution in [0.3, 0.4) is 0 Å². The summed E-state index contributed by atoms with van der Waals surface area (Å²) in [6.07, 6.45) is -0.0478. The summed E-state index contributed by atoms with van der Waals surface area (Å²) in [6, 6.07) is 0.223. The van der Waals surface area contributed by atoms with Crippen LogP contribution in [0.2, 0.25) is 0 Å². The molecule has 0 aliphatic rings. The molecule has 0 heterocycles. The third-order valence-electron chi connectivity index (χ3n) is 1.07. The van der Waals surface area contributed by atoms with Gasteiger partial charge in [-0.05, 0) is 0 Å². The molecular formula is C6H17ClN2O3S. The maximum atomic E-state index is 10.6. The van der Waals surface area contributed by atoms with Gasteiger partial charge >= 0.3 is 0 Å². The smallest absolute Gasteiger partial charge is 0.210 e. The van der Waals surface area contributed by atoms with Crippen LogP contribution in [0.5, 0.6) is 0 Å². The summed E-state index contributed by atoms with van der Waals surface area (Å²) in [4.78, 5) is 0. The van der Waals surface area contributed by atoms with Gasteiger partial charge in [-0.1, -0.05) is 13.8 Å². The Morgan fingerprint density at radius 1 is 1.38 bits per heavy atom. The molecule has 0 fully saturated rings. The zero-order valence-electron chi connectivity index (χ0n) is 7.94. The average molecular weight is 233 g/mol. The van der Waals surface area contributed by atoms with Crippen molar-refractivity contribution in [2.75, 3.05) is 12.8 Å². The number of sulfonamides is 1. The SMILES string of the molecule is CC(C)NCC(O)NS(C)(=O)=O.Cl. The molecule has 13 heavy (non-hydrogen) atoms. The van der Waals surface area contributed by atoms with Crippen LogP contribution < -0.4 is 10.0 Å². The van der Waals surface area contributed by atoms with Gasteiger partial charge in [0.1, 0.15) is 6.23 Å². The van der Waals surface area contributed by atoms with Crippen molar-refractivity contribution >= 4 is 22.4 Å². The molecule has 0 aliphatic heterocycles. The van der Waals surface area contributed by atoms with Gasteiger partial charge in [-0.2, -0.15) is 4.72 Å². The lowest BCUT2D eigenvalue weighted by Gasteiger charge is -2.13. The van der Waals surface area contributed by atoms with E-state index in [1.54, 1.807) is 0 Å². The Hall–Kier alpha value is 0.120. The second kappa shape index (κ2) is 6.56. The van der Waals surface area contributed by atoms with Gasteiger partial charge < -0.3 is 10.4 Å². The zero-order valence-corrected chi connectivity index (χ0v) is 9.58. The zero-order chi connectivity index (χ0) is 9.78. The van der Waals surface area contributed by atoms with Crippen LogP contribution >= 0.6 is 12.4 Å². The summed E-state index contributed by atoms with van der Waals surface area (Å²) >= 11 is 0. The summed E-state index contributed by atoms with van der Waals surface area (Å²) in [6.45, 7) is 4.03. The molecule has 0 aromatic carbocycles. The van der Waals surface area contributed by atoms with Crippen LogP contribution in [0.4, 0.5) is 0 Å².